The minimum absolute atomic E-state index is 0.00563. The Hall–Kier alpha value is -1.56. The first-order valence-electron chi connectivity index (χ1n) is 4.01. The summed E-state index contributed by atoms with van der Waals surface area (Å²) in [7, 11) is 0. The zero-order valence-corrected chi connectivity index (χ0v) is 7.86. The van der Waals surface area contributed by atoms with Crippen LogP contribution in [0.1, 0.15) is 13.8 Å². The van der Waals surface area contributed by atoms with Crippen molar-refractivity contribution in [3.8, 4) is 6.07 Å². The van der Waals surface area contributed by atoms with Crippen LogP contribution in [-0.2, 0) is 9.53 Å². The summed E-state index contributed by atoms with van der Waals surface area (Å²) in [5.74, 6) is -0.508. The second-order valence-corrected chi connectivity index (χ2v) is 2.83. The molecule has 0 heterocycles. The number of hydrogen-bond donors (Lipinski definition) is 0. The average molecular weight is 179 g/mol. The van der Waals surface area contributed by atoms with Crippen LogP contribution in [0, 0.1) is 17.2 Å². The van der Waals surface area contributed by atoms with Crippen molar-refractivity contribution in [3.63, 3.8) is 0 Å². The molecule has 0 aromatic rings. The van der Waals surface area contributed by atoms with Gasteiger partial charge < -0.3 is 4.74 Å². The molecular weight excluding hydrogens is 166 g/mol. The van der Waals surface area contributed by atoms with E-state index in [1.54, 1.807) is 0 Å². The molecule has 0 aromatic heterocycles. The number of carbonyl (C=O) groups is 1. The van der Waals surface area contributed by atoms with Crippen LogP contribution in [0.2, 0.25) is 0 Å². The van der Waals surface area contributed by atoms with Crippen LogP contribution in [0.5, 0.6) is 0 Å². The maximum atomic E-state index is 11.0. The minimum atomic E-state index is -0.679. The molecule has 0 saturated carbocycles. The van der Waals surface area contributed by atoms with Gasteiger partial charge >= 0.3 is 5.97 Å². The molecule has 0 aliphatic rings. The monoisotopic (exact) mass is 179 g/mol. The molecule has 13 heavy (non-hydrogen) atoms. The fraction of sp³-hybridized carbons (Fsp3) is 0.400. The van der Waals surface area contributed by atoms with E-state index in [2.05, 4.69) is 6.58 Å². The predicted octanol–water partition coefficient (Wildman–Crippen LogP) is 1.82. The third-order valence-corrected chi connectivity index (χ3v) is 1.34. The SMILES string of the molecule is C=CC=CC(=O)OC(C#N)C(C)C. The number of nitrogens with zero attached hydrogens (tertiary/aromatic N) is 1. The highest BCUT2D eigenvalue weighted by molar-refractivity contribution is 5.82. The summed E-state index contributed by atoms with van der Waals surface area (Å²) >= 11 is 0. The molecule has 0 fully saturated rings. The zero-order valence-electron chi connectivity index (χ0n) is 7.86. The Morgan fingerprint density at radius 1 is 1.62 bits per heavy atom. The van der Waals surface area contributed by atoms with Gasteiger partial charge in [-0.15, -0.1) is 0 Å². The highest BCUT2D eigenvalue weighted by atomic mass is 16.5. The van der Waals surface area contributed by atoms with Crippen LogP contribution in [0.4, 0.5) is 0 Å². The molecule has 70 valence electrons. The first kappa shape index (κ1) is 11.4. The Kier molecular flexibility index (Phi) is 5.29. The zero-order chi connectivity index (χ0) is 10.3. The smallest absolute Gasteiger partial charge is 0.332 e. The second kappa shape index (κ2) is 6.01. The molecule has 0 spiro atoms. The summed E-state index contributed by atoms with van der Waals surface area (Å²) in [6.45, 7) is 7.04. The first-order valence-corrected chi connectivity index (χ1v) is 4.01. The van der Waals surface area contributed by atoms with Crippen LogP contribution in [0.25, 0.3) is 0 Å². The topological polar surface area (TPSA) is 50.1 Å². The van der Waals surface area contributed by atoms with E-state index >= 15 is 0 Å². The Bertz CT molecular complexity index is 248. The molecule has 0 aromatic carbocycles. The first-order chi connectivity index (χ1) is 6.11. The summed E-state index contributed by atoms with van der Waals surface area (Å²) in [6, 6.07) is 1.91. The van der Waals surface area contributed by atoms with Gasteiger partial charge in [0.15, 0.2) is 6.10 Å². The van der Waals surface area contributed by atoms with Gasteiger partial charge in [-0.1, -0.05) is 32.6 Å². The quantitative estimate of drug-likeness (QED) is 0.376. The van der Waals surface area contributed by atoms with Gasteiger partial charge in [-0.2, -0.15) is 5.26 Å². The molecule has 0 saturated heterocycles. The lowest BCUT2D eigenvalue weighted by Crippen LogP contribution is -2.20. The van der Waals surface area contributed by atoms with Crippen molar-refractivity contribution in [3.05, 3.63) is 24.8 Å². The Morgan fingerprint density at radius 3 is 2.62 bits per heavy atom. The van der Waals surface area contributed by atoms with E-state index in [1.165, 1.54) is 18.2 Å². The van der Waals surface area contributed by atoms with Crippen LogP contribution in [-0.4, -0.2) is 12.1 Å². The highest BCUT2D eigenvalue weighted by Crippen LogP contribution is 2.05. The summed E-state index contributed by atoms with van der Waals surface area (Å²) < 4.78 is 4.83. The molecule has 3 heteroatoms. The predicted molar refractivity (Wildman–Crippen MR) is 49.7 cm³/mol. The van der Waals surface area contributed by atoms with Crippen molar-refractivity contribution in [2.24, 2.45) is 5.92 Å². The summed E-state index contributed by atoms with van der Waals surface area (Å²) in [6.07, 6.45) is 3.50. The van der Waals surface area contributed by atoms with Gasteiger partial charge in [0.1, 0.15) is 6.07 Å². The lowest BCUT2D eigenvalue weighted by molar-refractivity contribution is -0.142. The lowest BCUT2D eigenvalue weighted by atomic mass is 10.1. The summed E-state index contributed by atoms with van der Waals surface area (Å²) in [5, 5.41) is 8.60. The lowest BCUT2D eigenvalue weighted by Gasteiger charge is -2.11. The Morgan fingerprint density at radius 2 is 2.23 bits per heavy atom. The fourth-order valence-corrected chi connectivity index (χ4v) is 0.623. The maximum Gasteiger partial charge on any atom is 0.332 e. The van der Waals surface area contributed by atoms with Crippen molar-refractivity contribution in [1.29, 1.82) is 5.26 Å². The summed E-state index contributed by atoms with van der Waals surface area (Å²) in [5.41, 5.74) is 0. The van der Waals surface area contributed by atoms with Crippen LogP contribution in [0.15, 0.2) is 24.8 Å². The number of ether oxygens (including phenoxy) is 1. The van der Waals surface area contributed by atoms with Crippen molar-refractivity contribution in [1.82, 2.24) is 0 Å². The van der Waals surface area contributed by atoms with Gasteiger partial charge in [0.2, 0.25) is 0 Å². The van der Waals surface area contributed by atoms with Gasteiger partial charge in [-0.05, 0) is 0 Å². The van der Waals surface area contributed by atoms with E-state index in [0.29, 0.717) is 0 Å². The standard InChI is InChI=1S/C10H13NO2/c1-4-5-6-10(12)13-9(7-11)8(2)3/h4-6,8-9H,1H2,2-3H3. The molecule has 1 atom stereocenters. The molecule has 3 nitrogen and oxygen atoms in total. The highest BCUT2D eigenvalue weighted by Gasteiger charge is 2.15. The van der Waals surface area contributed by atoms with E-state index in [9.17, 15) is 4.79 Å². The Balaban J connectivity index is 4.11. The molecule has 0 amide bonds. The fourth-order valence-electron chi connectivity index (χ4n) is 0.623. The Labute approximate surface area is 78.3 Å². The largest absolute Gasteiger partial charge is 0.444 e. The molecule has 1 unspecified atom stereocenters. The number of carbonyl (C=O) groups excluding carboxylic acids is 1. The van der Waals surface area contributed by atoms with Crippen molar-refractivity contribution in [2.75, 3.05) is 0 Å². The second-order valence-electron chi connectivity index (χ2n) is 2.83. The molecule has 0 rings (SSSR count). The van der Waals surface area contributed by atoms with Gasteiger partial charge in [0.25, 0.3) is 0 Å². The van der Waals surface area contributed by atoms with Crippen molar-refractivity contribution >= 4 is 5.97 Å². The van der Waals surface area contributed by atoms with Crippen molar-refractivity contribution < 1.29 is 9.53 Å². The van der Waals surface area contributed by atoms with Gasteiger partial charge in [0, 0.05) is 12.0 Å². The van der Waals surface area contributed by atoms with Gasteiger partial charge in [-0.3, -0.25) is 0 Å². The van der Waals surface area contributed by atoms with Crippen LogP contribution in [0.3, 0.4) is 0 Å². The van der Waals surface area contributed by atoms with E-state index < -0.39 is 12.1 Å². The van der Waals surface area contributed by atoms with E-state index in [0.717, 1.165) is 0 Å². The molecule has 0 aliphatic carbocycles. The normalized spacial score (nSPS) is 12.5. The molecule has 0 radical (unpaired) electrons. The number of allylic oxidation sites excluding steroid dienone is 2. The van der Waals surface area contributed by atoms with Crippen LogP contribution < -0.4 is 0 Å². The molecule has 0 N–H and O–H groups in total. The van der Waals surface area contributed by atoms with E-state index in [4.69, 9.17) is 10.00 Å². The number of rotatable bonds is 4. The van der Waals surface area contributed by atoms with Gasteiger partial charge in [0.05, 0.1) is 0 Å². The minimum Gasteiger partial charge on any atom is -0.444 e. The number of hydrogen-bond acceptors (Lipinski definition) is 3. The van der Waals surface area contributed by atoms with Gasteiger partial charge in [-0.25, -0.2) is 4.79 Å². The average Bonchev–Trinajstić information content (AvgIpc) is 2.10. The van der Waals surface area contributed by atoms with E-state index in [-0.39, 0.29) is 5.92 Å². The van der Waals surface area contributed by atoms with Crippen molar-refractivity contribution in [2.45, 2.75) is 20.0 Å². The number of nitriles is 1. The molecule has 0 aliphatic heterocycles. The molecule has 0 bridgehead atoms. The van der Waals surface area contributed by atoms with Crippen LogP contribution >= 0.6 is 0 Å². The maximum absolute atomic E-state index is 11.0. The third kappa shape index (κ3) is 4.81. The third-order valence-electron chi connectivity index (χ3n) is 1.34. The summed E-state index contributed by atoms with van der Waals surface area (Å²) in [4.78, 5) is 11.0. The number of esters is 1. The van der Waals surface area contributed by atoms with E-state index in [1.807, 2.05) is 19.9 Å². The molecular formula is C10H13NO2.